The third-order valence-corrected chi connectivity index (χ3v) is 5.91. The molecule has 178 valence electrons. The molecule has 2 rings (SSSR count). The summed E-state index contributed by atoms with van der Waals surface area (Å²) in [6, 6.07) is 12.8. The number of rotatable bonds is 11. The second-order valence-corrected chi connectivity index (χ2v) is 8.74. The average molecular weight is 577 g/mol. The zero-order valence-corrected chi connectivity index (χ0v) is 22.1. The third kappa shape index (κ3) is 8.93. The standard InChI is InChI=1S/C22H32N4O4S.HI/c1-5-24-22(25-15-18-7-10-20(11-8-18)31(27,28)23-3)26-16-19-9-6-17(2)14-21(19)30-13-12-29-4;/h6-11,14,23H,5,12-13,15-16H2,1-4H3,(H2,24,25,26);1H. The maximum Gasteiger partial charge on any atom is 0.240 e. The van der Waals surface area contributed by atoms with Gasteiger partial charge in [-0.1, -0.05) is 24.3 Å². The van der Waals surface area contributed by atoms with Crippen LogP contribution >= 0.6 is 24.0 Å². The highest BCUT2D eigenvalue weighted by atomic mass is 127. The van der Waals surface area contributed by atoms with Gasteiger partial charge >= 0.3 is 0 Å². The number of nitrogens with one attached hydrogen (secondary N) is 3. The Hall–Kier alpha value is -1.89. The Morgan fingerprint density at radius 2 is 1.78 bits per heavy atom. The number of sulfonamides is 1. The number of aliphatic imine (C=N–C) groups is 1. The molecule has 0 aromatic heterocycles. The van der Waals surface area contributed by atoms with Crippen LogP contribution in [0.1, 0.15) is 23.6 Å². The summed E-state index contributed by atoms with van der Waals surface area (Å²) in [5.74, 6) is 1.49. The van der Waals surface area contributed by atoms with E-state index in [0.717, 1.165) is 29.0 Å². The Balaban J connectivity index is 0.00000512. The molecule has 0 saturated carbocycles. The Kier molecular flexibility index (Phi) is 12.6. The number of halogens is 1. The molecule has 0 aliphatic carbocycles. The van der Waals surface area contributed by atoms with E-state index in [9.17, 15) is 8.42 Å². The molecule has 0 amide bonds. The Morgan fingerprint density at radius 3 is 2.41 bits per heavy atom. The van der Waals surface area contributed by atoms with E-state index < -0.39 is 10.0 Å². The van der Waals surface area contributed by atoms with E-state index in [1.165, 1.54) is 7.05 Å². The van der Waals surface area contributed by atoms with Gasteiger partial charge in [0.05, 0.1) is 18.0 Å². The van der Waals surface area contributed by atoms with Crippen LogP contribution in [0.4, 0.5) is 0 Å². The molecular formula is C22H33IN4O4S. The van der Waals surface area contributed by atoms with Gasteiger partial charge in [-0.25, -0.2) is 18.1 Å². The van der Waals surface area contributed by atoms with Crippen molar-refractivity contribution < 1.29 is 17.9 Å². The topological polar surface area (TPSA) is 101 Å². The van der Waals surface area contributed by atoms with Crippen molar-refractivity contribution in [3.05, 3.63) is 59.2 Å². The molecule has 10 heteroatoms. The fraction of sp³-hybridized carbons (Fsp3) is 0.409. The summed E-state index contributed by atoms with van der Waals surface area (Å²) in [6.45, 7) is 6.73. The highest BCUT2D eigenvalue weighted by Crippen LogP contribution is 2.20. The predicted octanol–water partition coefficient (Wildman–Crippen LogP) is 2.80. The van der Waals surface area contributed by atoms with Crippen molar-refractivity contribution in [1.82, 2.24) is 15.4 Å². The van der Waals surface area contributed by atoms with E-state index in [1.807, 2.05) is 32.0 Å². The monoisotopic (exact) mass is 576 g/mol. The zero-order chi connectivity index (χ0) is 22.7. The fourth-order valence-corrected chi connectivity index (χ4v) is 3.49. The number of benzene rings is 2. The van der Waals surface area contributed by atoms with Gasteiger partial charge in [-0.2, -0.15) is 0 Å². The van der Waals surface area contributed by atoms with Crippen molar-refractivity contribution in [3.63, 3.8) is 0 Å². The van der Waals surface area contributed by atoms with Gasteiger partial charge in [0.15, 0.2) is 5.96 Å². The first-order valence-electron chi connectivity index (χ1n) is 10.2. The van der Waals surface area contributed by atoms with Crippen LogP contribution in [0.15, 0.2) is 52.4 Å². The maximum absolute atomic E-state index is 11.8. The minimum atomic E-state index is -3.44. The first-order valence-corrected chi connectivity index (χ1v) is 11.6. The number of ether oxygens (including phenoxy) is 2. The number of hydrogen-bond donors (Lipinski definition) is 3. The Bertz CT molecular complexity index is 966. The Labute approximate surface area is 208 Å². The van der Waals surface area contributed by atoms with Gasteiger partial charge < -0.3 is 20.1 Å². The number of hydrogen-bond acceptors (Lipinski definition) is 5. The van der Waals surface area contributed by atoms with Crippen molar-refractivity contribution in [2.24, 2.45) is 4.99 Å². The highest BCUT2D eigenvalue weighted by molar-refractivity contribution is 14.0. The minimum absolute atomic E-state index is 0. The minimum Gasteiger partial charge on any atom is -0.491 e. The predicted molar refractivity (Wildman–Crippen MR) is 138 cm³/mol. The molecular weight excluding hydrogens is 543 g/mol. The quantitative estimate of drug-likeness (QED) is 0.165. The molecule has 0 fully saturated rings. The molecule has 0 unspecified atom stereocenters. The van der Waals surface area contributed by atoms with Gasteiger partial charge in [-0.3, -0.25) is 0 Å². The van der Waals surface area contributed by atoms with Crippen LogP contribution in [0.5, 0.6) is 5.75 Å². The number of aryl methyl sites for hydroxylation is 1. The van der Waals surface area contributed by atoms with Crippen molar-refractivity contribution in [2.75, 3.05) is 33.9 Å². The van der Waals surface area contributed by atoms with E-state index >= 15 is 0 Å². The Morgan fingerprint density at radius 1 is 1.06 bits per heavy atom. The van der Waals surface area contributed by atoms with Crippen molar-refractivity contribution in [1.29, 1.82) is 0 Å². The molecule has 0 spiro atoms. The molecule has 0 aliphatic rings. The first-order chi connectivity index (χ1) is 14.9. The van der Waals surface area contributed by atoms with Crippen LogP contribution < -0.4 is 20.1 Å². The second kappa shape index (κ2) is 14.3. The smallest absolute Gasteiger partial charge is 0.240 e. The summed E-state index contributed by atoms with van der Waals surface area (Å²) in [5.41, 5.74) is 3.06. The molecule has 8 nitrogen and oxygen atoms in total. The fourth-order valence-electron chi connectivity index (χ4n) is 2.76. The summed E-state index contributed by atoms with van der Waals surface area (Å²) in [4.78, 5) is 4.83. The van der Waals surface area contributed by atoms with Crippen molar-refractivity contribution >= 4 is 40.0 Å². The summed E-state index contributed by atoms with van der Waals surface area (Å²) in [5, 5.41) is 6.55. The van der Waals surface area contributed by atoms with Crippen LogP contribution in [0.25, 0.3) is 0 Å². The number of methoxy groups -OCH3 is 1. The third-order valence-electron chi connectivity index (χ3n) is 4.48. The van der Waals surface area contributed by atoms with Crippen molar-refractivity contribution in [3.8, 4) is 5.75 Å². The molecule has 2 aromatic rings. The van der Waals surface area contributed by atoms with Crippen molar-refractivity contribution in [2.45, 2.75) is 31.8 Å². The lowest BCUT2D eigenvalue weighted by Gasteiger charge is -2.15. The lowest BCUT2D eigenvalue weighted by Crippen LogP contribution is -2.36. The van der Waals surface area contributed by atoms with Crippen LogP contribution in [0, 0.1) is 6.92 Å². The molecule has 3 N–H and O–H groups in total. The summed E-state index contributed by atoms with van der Waals surface area (Å²) in [7, 11) is -0.400. The molecule has 0 atom stereocenters. The van der Waals surface area contributed by atoms with Gasteiger partial charge in [0.2, 0.25) is 10.0 Å². The highest BCUT2D eigenvalue weighted by Gasteiger charge is 2.10. The lowest BCUT2D eigenvalue weighted by molar-refractivity contribution is 0.145. The van der Waals surface area contributed by atoms with Crippen LogP contribution in [-0.2, 0) is 27.8 Å². The molecule has 0 saturated heterocycles. The molecule has 0 radical (unpaired) electrons. The molecule has 32 heavy (non-hydrogen) atoms. The average Bonchev–Trinajstić information content (AvgIpc) is 2.77. The van der Waals surface area contributed by atoms with E-state index in [-0.39, 0.29) is 28.9 Å². The summed E-state index contributed by atoms with van der Waals surface area (Å²) in [6.07, 6.45) is 0. The number of guanidine groups is 1. The maximum atomic E-state index is 11.8. The second-order valence-electron chi connectivity index (χ2n) is 6.85. The van der Waals surface area contributed by atoms with Gasteiger partial charge in [-0.15, -0.1) is 24.0 Å². The SMILES string of the molecule is CCNC(=NCc1ccc(S(=O)(=O)NC)cc1)NCc1ccc(C)cc1OCCOC.I. The van der Waals surface area contributed by atoms with Gasteiger partial charge in [0.1, 0.15) is 12.4 Å². The molecule has 0 aliphatic heterocycles. The van der Waals surface area contributed by atoms with Gasteiger partial charge in [0.25, 0.3) is 0 Å². The van der Waals surface area contributed by atoms with Crippen LogP contribution in [0.2, 0.25) is 0 Å². The normalized spacial score (nSPS) is 11.6. The van der Waals surface area contributed by atoms with Crippen LogP contribution in [-0.4, -0.2) is 48.3 Å². The van der Waals surface area contributed by atoms with E-state index in [1.54, 1.807) is 31.4 Å². The van der Waals surface area contributed by atoms with Gasteiger partial charge in [0, 0.05) is 25.8 Å². The lowest BCUT2D eigenvalue weighted by atomic mass is 10.1. The zero-order valence-electron chi connectivity index (χ0n) is 19.0. The van der Waals surface area contributed by atoms with E-state index in [2.05, 4.69) is 20.3 Å². The first kappa shape index (κ1) is 28.1. The molecule has 0 heterocycles. The molecule has 2 aromatic carbocycles. The van der Waals surface area contributed by atoms with E-state index in [4.69, 9.17) is 9.47 Å². The largest absolute Gasteiger partial charge is 0.491 e. The van der Waals surface area contributed by atoms with Crippen LogP contribution in [0.3, 0.4) is 0 Å². The van der Waals surface area contributed by atoms with Gasteiger partial charge in [-0.05, 0) is 50.2 Å². The summed E-state index contributed by atoms with van der Waals surface area (Å²) >= 11 is 0. The summed E-state index contributed by atoms with van der Waals surface area (Å²) < 4.78 is 36.9. The van der Waals surface area contributed by atoms with E-state index in [0.29, 0.717) is 32.3 Å². The molecule has 0 bridgehead atoms. The number of nitrogens with zero attached hydrogens (tertiary/aromatic N) is 1.